The normalized spacial score (nSPS) is 18.9. The Morgan fingerprint density at radius 1 is 0.128 bits per heavy atom. The molecule has 0 atom stereocenters. The predicted octanol–water partition coefficient (Wildman–Crippen LogP) is 34.1. The number of hydrogen-bond donors (Lipinski definition) is 0. The molecule has 0 aromatic rings. The summed E-state index contributed by atoms with van der Waals surface area (Å²) in [5, 5.41) is 0. The zero-order valence-corrected chi connectivity index (χ0v) is 88.0. The molecule has 0 saturated heterocycles. The maximum Gasteiger partial charge on any atom is 0.0588 e. The van der Waals surface area contributed by atoms with Crippen LogP contribution >= 0.6 is 0 Å². The quantitative estimate of drug-likeness (QED) is 0.0533. The summed E-state index contributed by atoms with van der Waals surface area (Å²) in [7, 11) is -19.4. The Morgan fingerprint density at radius 2 is 0.220 bits per heavy atom. The topological polar surface area (TPSA) is 0 Å². The lowest BCUT2D eigenvalue weighted by Gasteiger charge is -2.39. The van der Waals surface area contributed by atoms with Gasteiger partial charge in [0.05, 0.1) is 105 Å². The molecular weight excluding hydrogens is 1520 g/mol. The highest BCUT2D eigenvalue weighted by Gasteiger charge is 2.43. The second-order valence-electron chi connectivity index (χ2n) is 45.3. The van der Waals surface area contributed by atoms with Crippen LogP contribution in [0.2, 0.25) is 320 Å². The Balaban J connectivity index is 1.15. The van der Waals surface area contributed by atoms with Crippen molar-refractivity contribution in [3.63, 3.8) is 0 Å². The van der Waals surface area contributed by atoms with Gasteiger partial charge in [0, 0.05) is 0 Å². The van der Waals surface area contributed by atoms with Gasteiger partial charge in [-0.1, -0.05) is 547 Å². The summed E-state index contributed by atoms with van der Waals surface area (Å²) < 4.78 is 0. The molecule has 0 aliphatic heterocycles. The van der Waals surface area contributed by atoms with Crippen LogP contribution in [0.5, 0.6) is 0 Å². The molecule has 0 N–H and O–H groups in total. The Labute approximate surface area is 690 Å². The van der Waals surface area contributed by atoms with Crippen LogP contribution in [0.15, 0.2) is 194 Å². The van der Waals surface area contributed by atoms with Crippen molar-refractivity contribution in [3.05, 3.63) is 194 Å². The molecule has 608 valence electrons. The minimum Gasteiger partial charge on any atom is -0.0803 e. The van der Waals surface area contributed by atoms with Crippen molar-refractivity contribution in [1.29, 1.82) is 0 Å². The Morgan fingerprint density at radius 3 is 0.321 bits per heavy atom. The molecule has 0 aromatic heterocycles. The van der Waals surface area contributed by atoms with Crippen LogP contribution < -0.4 is 0 Å². The van der Waals surface area contributed by atoms with E-state index in [0.717, 1.165) is 44.3 Å². The van der Waals surface area contributed by atoms with Gasteiger partial charge in [-0.25, -0.2) is 0 Å². The summed E-state index contributed by atoms with van der Waals surface area (Å²) >= 11 is 0. The van der Waals surface area contributed by atoms with Gasteiger partial charge in [-0.3, -0.25) is 0 Å². The molecule has 0 nitrogen and oxygen atoms in total. The molecule has 13 heteroatoms. The monoisotopic (exact) mass is 1690 g/mol. The minimum absolute atomic E-state index is 0.730. The van der Waals surface area contributed by atoms with Gasteiger partial charge in [-0.2, -0.15) is 0 Å². The molecule has 8 aliphatic carbocycles. The highest BCUT2D eigenvalue weighted by atomic mass is 28.4. The second kappa shape index (κ2) is 41.9. The first-order valence-electron chi connectivity index (χ1n) is 46.1. The zero-order valence-electron chi connectivity index (χ0n) is 75.0. The van der Waals surface area contributed by atoms with E-state index in [4.69, 9.17) is 0 Å². The molecule has 8 aliphatic rings. The molecule has 0 amide bonds. The molecule has 0 spiro atoms. The maximum atomic E-state index is 3.02. The zero-order chi connectivity index (χ0) is 79.2. The van der Waals surface area contributed by atoms with Crippen molar-refractivity contribution < 1.29 is 0 Å². The molecule has 0 heterocycles. The van der Waals surface area contributed by atoms with Crippen LogP contribution in [0.3, 0.4) is 0 Å². The van der Waals surface area contributed by atoms with Crippen LogP contribution in [-0.4, -0.2) is 105 Å². The minimum atomic E-state index is -1.80. The average molecular weight is 1690 g/mol. The first kappa shape index (κ1) is 93.2. The summed E-state index contributed by atoms with van der Waals surface area (Å²) in [6.45, 7) is 56.0. The van der Waals surface area contributed by atoms with Gasteiger partial charge in [0.15, 0.2) is 0 Å². The lowest BCUT2D eigenvalue weighted by atomic mass is 10.5. The molecule has 0 aromatic carbocycles. The molecule has 0 fully saturated rings. The number of hydrogen-bond acceptors (Lipinski definition) is 0. The fourth-order valence-electron chi connectivity index (χ4n) is 22.5. The number of rotatable bonds is 56. The standard InChI is InChI=1S/C96H172Si13/c1-97(2,89-49-21-22-50-89)65-37-73-105(17,74-38-66-98(3,4)90-51-23-24-52-90)81-45-85-109(86-46-82-106(18,75-39-67-99(5,6)91-53-25-26-54-91)76-40-68-100(7,8)92-55-27-28-56-92,87-47-83-107(19,77-41-69-101(9,10)93-57-29-30-58-93)78-42-70-102(11,12)94-59-31-32-60-94)88-48-84-108(20,79-43-71-103(13,14)95-61-33-34-62-95)80-44-72-104(15,16)96-63-35-36-64-96/h21-36,49-64,89-96H,37-48,65-88H2,1-20H3. The largest absolute Gasteiger partial charge is 0.0803 e. The summed E-state index contributed by atoms with van der Waals surface area (Å²) in [5.41, 5.74) is 5.84. The summed E-state index contributed by atoms with van der Waals surface area (Å²) in [6, 6.07) is 37.9. The van der Waals surface area contributed by atoms with E-state index in [1.165, 1.54) is 99.7 Å². The average Bonchev–Trinajstić information content (AvgIpc) is 1.78. The molecule has 8 rings (SSSR count). The molecule has 0 bridgehead atoms. The van der Waals surface area contributed by atoms with Crippen LogP contribution in [0.4, 0.5) is 0 Å². The van der Waals surface area contributed by atoms with E-state index in [9.17, 15) is 0 Å². The van der Waals surface area contributed by atoms with E-state index in [2.05, 4.69) is 325 Å². The lowest BCUT2D eigenvalue weighted by molar-refractivity contribution is 0.832. The van der Waals surface area contributed by atoms with Crippen molar-refractivity contribution in [1.82, 2.24) is 0 Å². The first-order valence-corrected chi connectivity index (χ1v) is 87.7. The third-order valence-corrected chi connectivity index (χ3v) is 87.0. The predicted molar refractivity (Wildman–Crippen MR) is 539 cm³/mol. The third kappa shape index (κ3) is 29.6. The smallest absolute Gasteiger partial charge is 0.0588 e. The summed E-state index contributed by atoms with van der Waals surface area (Å²) in [6.07, 6.45) is 97.4. The molecule has 109 heavy (non-hydrogen) atoms. The summed E-state index contributed by atoms with van der Waals surface area (Å²) in [5.74, 6) is 0. The van der Waals surface area contributed by atoms with Gasteiger partial charge >= 0.3 is 0 Å². The van der Waals surface area contributed by atoms with E-state index in [0.29, 0.717) is 0 Å². The third-order valence-electron chi connectivity index (χ3n) is 32.0. The van der Waals surface area contributed by atoms with Crippen molar-refractivity contribution in [2.75, 3.05) is 0 Å². The van der Waals surface area contributed by atoms with E-state index in [-0.39, 0.29) is 0 Å². The van der Waals surface area contributed by atoms with E-state index in [1.54, 1.807) is 122 Å². The van der Waals surface area contributed by atoms with Gasteiger partial charge in [0.25, 0.3) is 0 Å². The molecule has 0 radical (unpaired) electrons. The van der Waals surface area contributed by atoms with Crippen LogP contribution in [-0.2, 0) is 0 Å². The Hall–Kier alpha value is -1.34. The summed E-state index contributed by atoms with van der Waals surface area (Å²) in [4.78, 5) is 0. The fourth-order valence-corrected chi connectivity index (χ4v) is 68.8. The van der Waals surface area contributed by atoms with Crippen molar-refractivity contribution >= 4 is 105 Å². The van der Waals surface area contributed by atoms with Crippen LogP contribution in [0.25, 0.3) is 0 Å². The Kier molecular flexibility index (Phi) is 35.8. The van der Waals surface area contributed by atoms with Crippen LogP contribution in [0.1, 0.15) is 77.0 Å². The first-order chi connectivity index (χ1) is 51.3. The van der Waals surface area contributed by atoms with Gasteiger partial charge < -0.3 is 0 Å². The van der Waals surface area contributed by atoms with E-state index >= 15 is 0 Å². The van der Waals surface area contributed by atoms with Gasteiger partial charge in [0.2, 0.25) is 0 Å². The van der Waals surface area contributed by atoms with Gasteiger partial charge in [0.1, 0.15) is 0 Å². The number of allylic oxidation sites excluding steroid dienone is 32. The second-order valence-corrected chi connectivity index (χ2v) is 112. The van der Waals surface area contributed by atoms with Gasteiger partial charge in [-0.15, -0.1) is 0 Å². The highest BCUT2D eigenvalue weighted by molar-refractivity contribution is 6.86. The fraction of sp³-hybridized carbons (Fsp3) is 0.667. The molecule has 0 saturated carbocycles. The Bertz CT molecular complexity index is 2620. The molecular formula is C96H172Si13. The SMILES string of the molecule is C[Si](CCC[Si](CCC[Si](C)(CCC[Si](C)(C)C1C=CC=C1)CCC[Si](C)(C)C1C=CC=C1)(CCC[Si](C)(CCC[Si](C)(C)C1C=CC=C1)CCC[Si](C)(C)C1C=CC=C1)CCC[Si](C)(CCC[Si](C)(C)C1C=CC=C1)CCC[Si](C)(C)C1C=CC=C1)(CCC[Si](C)(C)C1C=CC=C1)CCC[Si](C)(C)C1C=CC=C1. The van der Waals surface area contributed by atoms with Crippen molar-refractivity contribution in [2.24, 2.45) is 0 Å². The molecule has 0 unspecified atom stereocenters. The highest BCUT2D eigenvalue weighted by Crippen LogP contribution is 2.48. The van der Waals surface area contributed by atoms with Crippen molar-refractivity contribution in [2.45, 2.75) is 397 Å². The van der Waals surface area contributed by atoms with Crippen molar-refractivity contribution in [3.8, 4) is 0 Å². The van der Waals surface area contributed by atoms with Gasteiger partial charge in [-0.05, 0) is 44.3 Å². The van der Waals surface area contributed by atoms with E-state index < -0.39 is 105 Å². The van der Waals surface area contributed by atoms with E-state index in [1.807, 2.05) is 0 Å². The lowest BCUT2D eigenvalue weighted by Crippen LogP contribution is -2.40. The van der Waals surface area contributed by atoms with Crippen LogP contribution in [0, 0.1) is 0 Å². The maximum absolute atomic E-state index is 3.02.